The fourth-order valence-electron chi connectivity index (χ4n) is 1.97. The minimum Gasteiger partial charge on any atom is -0.463 e. The SMILES string of the molecule is C=C(C)C(=O)OCCC(O)COC(=O)CCCC(=O)OC(CO)CCOC(=O)C(=C)C. The molecule has 0 amide bonds. The van der Waals surface area contributed by atoms with Crippen LogP contribution in [0.4, 0.5) is 0 Å². The van der Waals surface area contributed by atoms with Crippen molar-refractivity contribution in [3.8, 4) is 0 Å². The van der Waals surface area contributed by atoms with Gasteiger partial charge in [0.1, 0.15) is 12.7 Å². The minimum atomic E-state index is -0.990. The van der Waals surface area contributed by atoms with Gasteiger partial charge in [-0.1, -0.05) is 13.2 Å². The van der Waals surface area contributed by atoms with Gasteiger partial charge in [-0.05, 0) is 20.3 Å². The van der Waals surface area contributed by atoms with Gasteiger partial charge >= 0.3 is 23.9 Å². The van der Waals surface area contributed by atoms with Gasteiger partial charge in [0.2, 0.25) is 0 Å². The standard InChI is InChI=1S/C21H32O10/c1-14(2)20(26)28-10-8-16(23)13-30-18(24)6-5-7-19(25)31-17(12-22)9-11-29-21(27)15(3)4/h16-17,22-23H,1,3,5-13H2,2,4H3. The number of esters is 4. The third-order valence-electron chi connectivity index (χ3n) is 3.75. The van der Waals surface area contributed by atoms with Gasteiger partial charge in [-0.3, -0.25) is 9.59 Å². The first-order chi connectivity index (χ1) is 14.6. The van der Waals surface area contributed by atoms with Gasteiger partial charge in [0.25, 0.3) is 0 Å². The van der Waals surface area contributed by atoms with E-state index >= 15 is 0 Å². The second kappa shape index (κ2) is 16.0. The van der Waals surface area contributed by atoms with Crippen LogP contribution in [-0.4, -0.2) is 72.7 Å². The summed E-state index contributed by atoms with van der Waals surface area (Å²) in [5.74, 6) is -2.35. The number of rotatable bonds is 16. The Morgan fingerprint density at radius 2 is 1.35 bits per heavy atom. The van der Waals surface area contributed by atoms with Crippen LogP contribution in [0.3, 0.4) is 0 Å². The zero-order valence-corrected chi connectivity index (χ0v) is 18.1. The summed E-state index contributed by atoms with van der Waals surface area (Å²) in [5, 5.41) is 18.9. The Labute approximate surface area is 181 Å². The van der Waals surface area contributed by atoms with Crippen molar-refractivity contribution in [2.45, 2.75) is 58.2 Å². The van der Waals surface area contributed by atoms with Gasteiger partial charge in [-0.25, -0.2) is 9.59 Å². The highest BCUT2D eigenvalue weighted by molar-refractivity contribution is 5.87. The molecule has 10 nitrogen and oxygen atoms in total. The number of carbonyl (C=O) groups excluding carboxylic acids is 4. The number of hydrogen-bond acceptors (Lipinski definition) is 10. The summed E-state index contributed by atoms with van der Waals surface area (Å²) in [6, 6.07) is 0. The normalized spacial score (nSPS) is 12.3. The zero-order chi connectivity index (χ0) is 23.8. The molecule has 0 fully saturated rings. The van der Waals surface area contributed by atoms with E-state index in [2.05, 4.69) is 13.2 Å². The van der Waals surface area contributed by atoms with Gasteiger partial charge in [0.15, 0.2) is 0 Å². The molecule has 0 spiro atoms. The third-order valence-corrected chi connectivity index (χ3v) is 3.75. The molecule has 0 saturated carbocycles. The van der Waals surface area contributed by atoms with E-state index in [0.717, 1.165) is 0 Å². The van der Waals surface area contributed by atoms with Crippen LogP contribution in [0.5, 0.6) is 0 Å². The Morgan fingerprint density at radius 1 is 0.839 bits per heavy atom. The number of ether oxygens (including phenoxy) is 4. The van der Waals surface area contributed by atoms with Crippen LogP contribution in [0.25, 0.3) is 0 Å². The summed E-state index contributed by atoms with van der Waals surface area (Å²) >= 11 is 0. The molecule has 0 aromatic heterocycles. The van der Waals surface area contributed by atoms with Crippen LogP contribution in [0.15, 0.2) is 24.3 Å². The zero-order valence-electron chi connectivity index (χ0n) is 18.1. The minimum absolute atomic E-state index is 0.0331. The Morgan fingerprint density at radius 3 is 1.87 bits per heavy atom. The summed E-state index contributed by atoms with van der Waals surface area (Å²) in [6.45, 7) is 9.10. The van der Waals surface area contributed by atoms with Crippen LogP contribution in [0.1, 0.15) is 46.0 Å². The maximum absolute atomic E-state index is 11.8. The molecule has 0 saturated heterocycles. The van der Waals surface area contributed by atoms with Crippen molar-refractivity contribution in [1.82, 2.24) is 0 Å². The highest BCUT2D eigenvalue weighted by atomic mass is 16.6. The van der Waals surface area contributed by atoms with Crippen molar-refractivity contribution in [2.24, 2.45) is 0 Å². The second-order valence-electron chi connectivity index (χ2n) is 6.89. The molecule has 0 aliphatic carbocycles. The molecule has 0 rings (SSSR count). The Hall–Kier alpha value is -2.72. The predicted molar refractivity (Wildman–Crippen MR) is 109 cm³/mol. The molecule has 31 heavy (non-hydrogen) atoms. The first kappa shape index (κ1) is 28.3. The van der Waals surface area contributed by atoms with Gasteiger partial charge in [-0.2, -0.15) is 0 Å². The van der Waals surface area contributed by atoms with Crippen LogP contribution < -0.4 is 0 Å². The van der Waals surface area contributed by atoms with Gasteiger partial charge in [0, 0.05) is 36.8 Å². The lowest BCUT2D eigenvalue weighted by atomic mass is 10.2. The number of carbonyl (C=O) groups is 4. The quantitative estimate of drug-likeness (QED) is 0.201. The fraction of sp³-hybridized carbons (Fsp3) is 0.619. The first-order valence-corrected chi connectivity index (χ1v) is 9.86. The highest BCUT2D eigenvalue weighted by Crippen LogP contribution is 2.06. The van der Waals surface area contributed by atoms with E-state index in [0.29, 0.717) is 0 Å². The topological polar surface area (TPSA) is 146 Å². The van der Waals surface area contributed by atoms with E-state index in [4.69, 9.17) is 18.9 Å². The van der Waals surface area contributed by atoms with E-state index < -0.39 is 42.7 Å². The summed E-state index contributed by atoms with van der Waals surface area (Å²) < 4.78 is 19.6. The van der Waals surface area contributed by atoms with E-state index in [1.807, 2.05) is 0 Å². The Bertz CT molecular complexity index is 640. The molecule has 0 aromatic rings. The summed E-state index contributed by atoms with van der Waals surface area (Å²) in [7, 11) is 0. The maximum atomic E-state index is 11.8. The molecule has 2 N–H and O–H groups in total. The monoisotopic (exact) mass is 444 g/mol. The number of aliphatic hydroxyl groups excluding tert-OH is 2. The molecule has 0 aliphatic heterocycles. The molecule has 2 unspecified atom stereocenters. The van der Waals surface area contributed by atoms with Gasteiger partial charge < -0.3 is 29.2 Å². The van der Waals surface area contributed by atoms with Crippen molar-refractivity contribution < 1.29 is 48.3 Å². The van der Waals surface area contributed by atoms with Crippen molar-refractivity contribution in [3.05, 3.63) is 24.3 Å². The summed E-state index contributed by atoms with van der Waals surface area (Å²) in [5.41, 5.74) is 0.485. The van der Waals surface area contributed by atoms with Crippen LogP contribution in [0.2, 0.25) is 0 Å². The van der Waals surface area contributed by atoms with E-state index in [1.165, 1.54) is 13.8 Å². The first-order valence-electron chi connectivity index (χ1n) is 9.86. The number of aliphatic hydroxyl groups is 2. The molecular weight excluding hydrogens is 412 g/mol. The molecule has 0 radical (unpaired) electrons. The van der Waals surface area contributed by atoms with Crippen molar-refractivity contribution in [1.29, 1.82) is 0 Å². The Balaban J connectivity index is 3.94. The molecular formula is C21H32O10. The molecule has 0 heterocycles. The van der Waals surface area contributed by atoms with E-state index in [9.17, 15) is 29.4 Å². The molecule has 2 atom stereocenters. The van der Waals surface area contributed by atoms with E-state index in [-0.39, 0.29) is 63.1 Å². The molecule has 176 valence electrons. The van der Waals surface area contributed by atoms with Crippen LogP contribution in [-0.2, 0) is 38.1 Å². The number of hydrogen-bond donors (Lipinski definition) is 2. The molecule has 10 heteroatoms. The summed E-state index contributed by atoms with van der Waals surface area (Å²) in [4.78, 5) is 45.9. The van der Waals surface area contributed by atoms with Crippen molar-refractivity contribution in [2.75, 3.05) is 26.4 Å². The lowest BCUT2D eigenvalue weighted by Gasteiger charge is -2.15. The van der Waals surface area contributed by atoms with Crippen molar-refractivity contribution >= 4 is 23.9 Å². The van der Waals surface area contributed by atoms with E-state index in [1.54, 1.807) is 0 Å². The average molecular weight is 444 g/mol. The highest BCUT2D eigenvalue weighted by Gasteiger charge is 2.16. The maximum Gasteiger partial charge on any atom is 0.333 e. The largest absolute Gasteiger partial charge is 0.463 e. The van der Waals surface area contributed by atoms with Crippen LogP contribution >= 0.6 is 0 Å². The van der Waals surface area contributed by atoms with Gasteiger partial charge in [-0.15, -0.1) is 0 Å². The smallest absolute Gasteiger partial charge is 0.333 e. The molecule has 0 aromatic carbocycles. The second-order valence-corrected chi connectivity index (χ2v) is 6.89. The van der Waals surface area contributed by atoms with Crippen molar-refractivity contribution in [3.63, 3.8) is 0 Å². The lowest BCUT2D eigenvalue weighted by molar-refractivity contribution is -0.153. The lowest BCUT2D eigenvalue weighted by Crippen LogP contribution is -2.24. The van der Waals surface area contributed by atoms with Crippen LogP contribution in [0, 0.1) is 0 Å². The molecule has 0 aliphatic rings. The fourth-order valence-corrected chi connectivity index (χ4v) is 1.97. The predicted octanol–water partition coefficient (Wildman–Crippen LogP) is 0.984. The summed E-state index contributed by atoms with van der Waals surface area (Å²) in [6.07, 6.45) is -1.57. The third kappa shape index (κ3) is 14.8. The van der Waals surface area contributed by atoms with Gasteiger partial charge in [0.05, 0.1) is 25.9 Å². The molecule has 0 bridgehead atoms. The Kier molecular flexibility index (Phi) is 14.6. The average Bonchev–Trinajstić information content (AvgIpc) is 2.70.